The lowest BCUT2D eigenvalue weighted by Crippen LogP contribution is -1.84. The van der Waals surface area contributed by atoms with Crippen molar-refractivity contribution < 1.29 is 4.79 Å². The van der Waals surface area contributed by atoms with Crippen LogP contribution in [0.15, 0.2) is 35.6 Å². The molecule has 0 saturated carbocycles. The van der Waals surface area contributed by atoms with E-state index in [0.717, 1.165) is 5.39 Å². The van der Waals surface area contributed by atoms with Gasteiger partial charge in [0.05, 0.1) is 0 Å². The van der Waals surface area contributed by atoms with Gasteiger partial charge in [0, 0.05) is 17.1 Å². The van der Waals surface area contributed by atoms with Crippen molar-refractivity contribution in [2.45, 2.75) is 0 Å². The average Bonchev–Trinajstić information content (AvgIpc) is 2.27. The first-order chi connectivity index (χ1) is 6.86. The molecule has 2 aromatic rings. The number of hydrogen-bond acceptors (Lipinski definition) is 4. The zero-order chi connectivity index (χ0) is 9.97. The summed E-state index contributed by atoms with van der Waals surface area (Å²) in [5.74, 6) is 0. The predicted molar refractivity (Wildman–Crippen MR) is 52.6 cm³/mol. The number of nitroso groups, excluding NO2 is 1. The Bertz CT molecular complexity index is 508. The molecule has 0 amide bonds. The zero-order valence-corrected chi connectivity index (χ0v) is 7.18. The molecule has 4 nitrogen and oxygen atoms in total. The summed E-state index contributed by atoms with van der Waals surface area (Å²) in [6.45, 7) is 0. The Morgan fingerprint density at radius 2 is 2.14 bits per heavy atom. The molecule has 0 saturated heterocycles. The molecule has 2 rings (SSSR count). The van der Waals surface area contributed by atoms with Crippen LogP contribution in [0.4, 0.5) is 5.69 Å². The SMILES string of the molecule is O=Cc1ccc2cccnc2c1N=O. The summed E-state index contributed by atoms with van der Waals surface area (Å²) in [6, 6.07) is 6.87. The fourth-order valence-corrected chi connectivity index (χ4v) is 1.34. The number of carbonyl (C=O) groups excluding carboxylic acids is 1. The lowest BCUT2D eigenvalue weighted by molar-refractivity contribution is 0.112. The van der Waals surface area contributed by atoms with E-state index in [0.29, 0.717) is 11.8 Å². The zero-order valence-electron chi connectivity index (χ0n) is 7.18. The predicted octanol–water partition coefficient (Wildman–Crippen LogP) is 2.45. The van der Waals surface area contributed by atoms with Crippen molar-refractivity contribution in [3.63, 3.8) is 0 Å². The second-order valence-electron chi connectivity index (χ2n) is 2.79. The number of aldehydes is 1. The maximum atomic E-state index is 10.6. The molecule has 68 valence electrons. The summed E-state index contributed by atoms with van der Waals surface area (Å²) in [7, 11) is 0. The molecule has 0 bridgehead atoms. The third-order valence-electron chi connectivity index (χ3n) is 2.00. The normalized spacial score (nSPS) is 10.0. The van der Waals surface area contributed by atoms with Gasteiger partial charge >= 0.3 is 0 Å². The highest BCUT2D eigenvalue weighted by atomic mass is 16.3. The summed E-state index contributed by atoms with van der Waals surface area (Å²) in [5.41, 5.74) is 0.844. The van der Waals surface area contributed by atoms with Crippen molar-refractivity contribution in [3.8, 4) is 0 Å². The van der Waals surface area contributed by atoms with Gasteiger partial charge in [-0.15, -0.1) is 4.91 Å². The van der Waals surface area contributed by atoms with Crippen molar-refractivity contribution in [1.82, 2.24) is 4.98 Å². The van der Waals surface area contributed by atoms with E-state index >= 15 is 0 Å². The van der Waals surface area contributed by atoms with E-state index in [4.69, 9.17) is 0 Å². The van der Waals surface area contributed by atoms with Crippen molar-refractivity contribution in [2.24, 2.45) is 5.18 Å². The van der Waals surface area contributed by atoms with E-state index in [2.05, 4.69) is 10.2 Å². The van der Waals surface area contributed by atoms with Crippen LogP contribution >= 0.6 is 0 Å². The van der Waals surface area contributed by atoms with Gasteiger partial charge in [-0.3, -0.25) is 9.78 Å². The van der Waals surface area contributed by atoms with Gasteiger partial charge in [0.1, 0.15) is 11.2 Å². The van der Waals surface area contributed by atoms with Crippen LogP contribution in [0.3, 0.4) is 0 Å². The van der Waals surface area contributed by atoms with Crippen LogP contribution in [-0.2, 0) is 0 Å². The van der Waals surface area contributed by atoms with Gasteiger partial charge in [-0.05, 0) is 17.3 Å². The van der Waals surface area contributed by atoms with Gasteiger partial charge in [0.25, 0.3) is 0 Å². The number of rotatable bonds is 2. The van der Waals surface area contributed by atoms with Crippen LogP contribution in [0, 0.1) is 4.91 Å². The van der Waals surface area contributed by atoms with Gasteiger partial charge < -0.3 is 0 Å². The van der Waals surface area contributed by atoms with E-state index in [1.807, 2.05) is 6.07 Å². The molecule has 0 spiro atoms. The van der Waals surface area contributed by atoms with Gasteiger partial charge in [0.2, 0.25) is 0 Å². The second-order valence-corrected chi connectivity index (χ2v) is 2.79. The van der Waals surface area contributed by atoms with Crippen LogP contribution < -0.4 is 0 Å². The van der Waals surface area contributed by atoms with E-state index in [1.165, 1.54) is 0 Å². The van der Waals surface area contributed by atoms with Crippen LogP contribution in [0.5, 0.6) is 0 Å². The Balaban J connectivity index is 2.90. The van der Waals surface area contributed by atoms with Crippen LogP contribution in [0.1, 0.15) is 10.4 Å². The lowest BCUT2D eigenvalue weighted by atomic mass is 10.1. The second kappa shape index (κ2) is 3.33. The number of carbonyl (C=O) groups is 1. The molecular formula is C10H6N2O2. The van der Waals surface area contributed by atoms with Crippen molar-refractivity contribution in [1.29, 1.82) is 0 Å². The first-order valence-electron chi connectivity index (χ1n) is 4.03. The maximum Gasteiger partial charge on any atom is 0.152 e. The minimum Gasteiger partial charge on any atom is -0.298 e. The summed E-state index contributed by atoms with van der Waals surface area (Å²) in [5, 5.41) is 3.62. The number of aromatic nitrogens is 1. The highest BCUT2D eigenvalue weighted by molar-refractivity contribution is 5.98. The molecule has 0 N–H and O–H groups in total. The Morgan fingerprint density at radius 1 is 1.29 bits per heavy atom. The van der Waals surface area contributed by atoms with E-state index < -0.39 is 0 Å². The van der Waals surface area contributed by atoms with Gasteiger partial charge in [0.15, 0.2) is 6.29 Å². The molecule has 0 aliphatic carbocycles. The largest absolute Gasteiger partial charge is 0.298 e. The van der Waals surface area contributed by atoms with Crippen molar-refractivity contribution in [2.75, 3.05) is 0 Å². The van der Waals surface area contributed by atoms with E-state index in [9.17, 15) is 9.70 Å². The molecule has 0 aliphatic rings. The first kappa shape index (κ1) is 8.50. The molecule has 1 heterocycles. The standard InChI is InChI=1S/C10H6N2O2/c13-6-8-4-3-7-2-1-5-11-9(7)10(8)12-14/h1-6H. The van der Waals surface area contributed by atoms with Crippen LogP contribution in [-0.4, -0.2) is 11.3 Å². The first-order valence-corrected chi connectivity index (χ1v) is 4.03. The van der Waals surface area contributed by atoms with Gasteiger partial charge in [-0.2, -0.15) is 0 Å². The molecule has 0 atom stereocenters. The molecule has 14 heavy (non-hydrogen) atoms. The van der Waals surface area contributed by atoms with E-state index in [1.54, 1.807) is 24.4 Å². The third-order valence-corrected chi connectivity index (χ3v) is 2.00. The molecule has 4 heteroatoms. The number of fused-ring (bicyclic) bond motifs is 1. The topological polar surface area (TPSA) is 59.4 Å². The van der Waals surface area contributed by atoms with Gasteiger partial charge in [-0.25, -0.2) is 0 Å². The van der Waals surface area contributed by atoms with Crippen molar-refractivity contribution >= 4 is 22.9 Å². The van der Waals surface area contributed by atoms with Crippen molar-refractivity contribution in [3.05, 3.63) is 40.9 Å². The summed E-state index contributed by atoms with van der Waals surface area (Å²) in [6.07, 6.45) is 2.16. The van der Waals surface area contributed by atoms with Gasteiger partial charge in [-0.1, -0.05) is 12.1 Å². The fraction of sp³-hybridized carbons (Fsp3) is 0. The Kier molecular flexibility index (Phi) is 2.02. The smallest absolute Gasteiger partial charge is 0.152 e. The van der Waals surface area contributed by atoms with E-state index in [-0.39, 0.29) is 11.3 Å². The Hall–Kier alpha value is -2.10. The molecular weight excluding hydrogens is 180 g/mol. The highest BCUT2D eigenvalue weighted by Crippen LogP contribution is 2.26. The average molecular weight is 186 g/mol. The minimum atomic E-state index is 0.109. The maximum absolute atomic E-state index is 10.6. The fourth-order valence-electron chi connectivity index (χ4n) is 1.34. The highest BCUT2D eigenvalue weighted by Gasteiger charge is 2.07. The quantitative estimate of drug-likeness (QED) is 0.534. The number of nitrogens with zero attached hydrogens (tertiary/aromatic N) is 2. The minimum absolute atomic E-state index is 0.109. The number of benzene rings is 1. The monoisotopic (exact) mass is 186 g/mol. The summed E-state index contributed by atoms with van der Waals surface area (Å²) in [4.78, 5) is 25.2. The summed E-state index contributed by atoms with van der Waals surface area (Å²) < 4.78 is 0. The Morgan fingerprint density at radius 3 is 2.86 bits per heavy atom. The summed E-state index contributed by atoms with van der Waals surface area (Å²) >= 11 is 0. The molecule has 0 aliphatic heterocycles. The molecule has 0 radical (unpaired) electrons. The Labute approximate surface area is 79.6 Å². The van der Waals surface area contributed by atoms with Crippen LogP contribution in [0.2, 0.25) is 0 Å². The molecule has 0 unspecified atom stereocenters. The molecule has 1 aromatic carbocycles. The van der Waals surface area contributed by atoms with Crippen LogP contribution in [0.25, 0.3) is 10.9 Å². The number of pyridine rings is 1. The number of hydrogen-bond donors (Lipinski definition) is 0. The molecule has 0 fully saturated rings. The lowest BCUT2D eigenvalue weighted by Gasteiger charge is -1.99. The molecule has 1 aromatic heterocycles. The third kappa shape index (κ3) is 1.17.